The van der Waals surface area contributed by atoms with Gasteiger partial charge in [0, 0.05) is 39.3 Å². The van der Waals surface area contributed by atoms with Crippen molar-refractivity contribution < 1.29 is 4.74 Å². The quantitative estimate of drug-likeness (QED) is 0.672. The van der Waals surface area contributed by atoms with E-state index in [9.17, 15) is 0 Å². The molecule has 1 saturated heterocycles. The Kier molecular flexibility index (Phi) is 3.19. The summed E-state index contributed by atoms with van der Waals surface area (Å²) >= 11 is 0. The molecule has 1 N–H and O–H groups in total. The van der Waals surface area contributed by atoms with Crippen LogP contribution in [0.5, 0.6) is 0 Å². The summed E-state index contributed by atoms with van der Waals surface area (Å²) in [5.74, 6) is 0. The number of nitrogens with zero attached hydrogens (tertiary/aromatic N) is 1. The SMILES string of the molecule is COC1CCN(CCNC2CC2)C1. The van der Waals surface area contributed by atoms with Crippen LogP contribution in [0.25, 0.3) is 0 Å². The molecule has 1 heterocycles. The van der Waals surface area contributed by atoms with E-state index < -0.39 is 0 Å². The van der Waals surface area contributed by atoms with Gasteiger partial charge in [-0.1, -0.05) is 0 Å². The van der Waals surface area contributed by atoms with E-state index in [2.05, 4.69) is 10.2 Å². The fraction of sp³-hybridized carbons (Fsp3) is 1.00. The third kappa shape index (κ3) is 2.93. The molecule has 0 aromatic carbocycles. The zero-order valence-corrected chi connectivity index (χ0v) is 8.46. The van der Waals surface area contributed by atoms with Crippen molar-refractivity contribution in [3.05, 3.63) is 0 Å². The zero-order valence-electron chi connectivity index (χ0n) is 8.46. The second-order valence-electron chi connectivity index (χ2n) is 4.18. The molecule has 2 fully saturated rings. The zero-order chi connectivity index (χ0) is 9.10. The number of ether oxygens (including phenoxy) is 1. The van der Waals surface area contributed by atoms with E-state index in [0.29, 0.717) is 6.10 Å². The third-order valence-electron chi connectivity index (χ3n) is 3.00. The van der Waals surface area contributed by atoms with Crippen LogP contribution in [-0.2, 0) is 4.74 Å². The summed E-state index contributed by atoms with van der Waals surface area (Å²) in [5, 5.41) is 3.53. The lowest BCUT2D eigenvalue weighted by atomic mass is 10.3. The molecule has 0 radical (unpaired) electrons. The number of rotatable bonds is 5. The van der Waals surface area contributed by atoms with E-state index in [0.717, 1.165) is 19.1 Å². The maximum atomic E-state index is 5.32. The molecular weight excluding hydrogens is 164 g/mol. The van der Waals surface area contributed by atoms with E-state index in [1.807, 2.05) is 7.11 Å². The average molecular weight is 184 g/mol. The molecule has 1 aliphatic carbocycles. The number of nitrogens with one attached hydrogen (secondary N) is 1. The molecule has 76 valence electrons. The van der Waals surface area contributed by atoms with E-state index in [-0.39, 0.29) is 0 Å². The molecule has 0 amide bonds. The van der Waals surface area contributed by atoms with Gasteiger partial charge in [-0.3, -0.25) is 4.90 Å². The molecule has 2 rings (SSSR count). The molecular formula is C10H20N2O. The number of methoxy groups -OCH3 is 1. The van der Waals surface area contributed by atoms with Crippen molar-refractivity contribution in [1.29, 1.82) is 0 Å². The van der Waals surface area contributed by atoms with Crippen LogP contribution in [0.4, 0.5) is 0 Å². The number of likely N-dealkylation sites (tertiary alicyclic amines) is 1. The van der Waals surface area contributed by atoms with Gasteiger partial charge in [0.15, 0.2) is 0 Å². The molecule has 2 aliphatic rings. The summed E-state index contributed by atoms with van der Waals surface area (Å²) < 4.78 is 5.32. The highest BCUT2D eigenvalue weighted by atomic mass is 16.5. The van der Waals surface area contributed by atoms with E-state index >= 15 is 0 Å². The first-order valence-electron chi connectivity index (χ1n) is 5.37. The molecule has 0 aromatic rings. The molecule has 0 aromatic heterocycles. The Morgan fingerprint density at radius 3 is 2.85 bits per heavy atom. The maximum absolute atomic E-state index is 5.32. The van der Waals surface area contributed by atoms with E-state index in [1.165, 1.54) is 32.4 Å². The third-order valence-corrected chi connectivity index (χ3v) is 3.00. The van der Waals surface area contributed by atoms with E-state index in [1.54, 1.807) is 0 Å². The highest BCUT2D eigenvalue weighted by Gasteiger charge is 2.23. The molecule has 0 spiro atoms. The van der Waals surface area contributed by atoms with Gasteiger partial charge in [-0.15, -0.1) is 0 Å². The highest BCUT2D eigenvalue weighted by Crippen LogP contribution is 2.18. The van der Waals surface area contributed by atoms with Crippen molar-refractivity contribution in [2.75, 3.05) is 33.3 Å². The van der Waals surface area contributed by atoms with Gasteiger partial charge in [-0.2, -0.15) is 0 Å². The summed E-state index contributed by atoms with van der Waals surface area (Å²) in [5.41, 5.74) is 0. The van der Waals surface area contributed by atoms with Crippen LogP contribution in [-0.4, -0.2) is 50.3 Å². The fourth-order valence-electron chi connectivity index (χ4n) is 1.91. The Labute approximate surface area is 80.4 Å². The predicted octanol–water partition coefficient (Wildman–Crippen LogP) is 0.459. The summed E-state index contributed by atoms with van der Waals surface area (Å²) in [6, 6.07) is 0.848. The van der Waals surface area contributed by atoms with Crippen LogP contribution in [0.3, 0.4) is 0 Å². The van der Waals surface area contributed by atoms with Crippen LogP contribution in [0.2, 0.25) is 0 Å². The largest absolute Gasteiger partial charge is 0.380 e. The van der Waals surface area contributed by atoms with Gasteiger partial charge in [0.2, 0.25) is 0 Å². The molecule has 1 atom stereocenters. The van der Waals surface area contributed by atoms with Crippen LogP contribution < -0.4 is 5.32 Å². The van der Waals surface area contributed by atoms with Crippen molar-refractivity contribution in [2.45, 2.75) is 31.4 Å². The lowest BCUT2D eigenvalue weighted by Gasteiger charge is -2.15. The molecule has 13 heavy (non-hydrogen) atoms. The number of hydrogen-bond acceptors (Lipinski definition) is 3. The molecule has 0 bridgehead atoms. The molecule has 1 aliphatic heterocycles. The van der Waals surface area contributed by atoms with Gasteiger partial charge in [-0.25, -0.2) is 0 Å². The second-order valence-corrected chi connectivity index (χ2v) is 4.18. The van der Waals surface area contributed by atoms with Gasteiger partial charge in [0.25, 0.3) is 0 Å². The predicted molar refractivity (Wildman–Crippen MR) is 52.9 cm³/mol. The van der Waals surface area contributed by atoms with Gasteiger partial charge < -0.3 is 10.1 Å². The Balaban J connectivity index is 1.54. The first kappa shape index (κ1) is 9.44. The van der Waals surface area contributed by atoms with Crippen LogP contribution in [0, 0.1) is 0 Å². The number of hydrogen-bond donors (Lipinski definition) is 1. The van der Waals surface area contributed by atoms with Crippen LogP contribution in [0.1, 0.15) is 19.3 Å². The van der Waals surface area contributed by atoms with E-state index in [4.69, 9.17) is 4.74 Å². The highest BCUT2D eigenvalue weighted by molar-refractivity contribution is 4.82. The van der Waals surface area contributed by atoms with Gasteiger partial charge >= 0.3 is 0 Å². The van der Waals surface area contributed by atoms with Crippen LogP contribution in [0.15, 0.2) is 0 Å². The first-order chi connectivity index (χ1) is 6.38. The van der Waals surface area contributed by atoms with Gasteiger partial charge in [-0.05, 0) is 19.3 Å². The second kappa shape index (κ2) is 4.40. The normalized spacial score (nSPS) is 29.8. The van der Waals surface area contributed by atoms with Gasteiger partial charge in [0.05, 0.1) is 6.10 Å². The Morgan fingerprint density at radius 1 is 1.38 bits per heavy atom. The Hall–Kier alpha value is -0.120. The first-order valence-corrected chi connectivity index (χ1v) is 5.37. The summed E-state index contributed by atoms with van der Waals surface area (Å²) in [6.45, 7) is 4.69. The summed E-state index contributed by atoms with van der Waals surface area (Å²) in [4.78, 5) is 2.49. The smallest absolute Gasteiger partial charge is 0.0710 e. The molecule has 3 nitrogen and oxygen atoms in total. The fourth-order valence-corrected chi connectivity index (χ4v) is 1.91. The molecule has 1 unspecified atom stereocenters. The van der Waals surface area contributed by atoms with Crippen molar-refractivity contribution in [2.24, 2.45) is 0 Å². The maximum Gasteiger partial charge on any atom is 0.0710 e. The molecule has 1 saturated carbocycles. The average Bonchev–Trinajstić information content (AvgIpc) is 2.84. The molecule has 3 heteroatoms. The standard InChI is InChI=1S/C10H20N2O/c1-13-10-4-6-12(8-10)7-5-11-9-2-3-9/h9-11H,2-8H2,1H3. The summed E-state index contributed by atoms with van der Waals surface area (Å²) in [7, 11) is 1.82. The Morgan fingerprint density at radius 2 is 2.23 bits per heavy atom. The van der Waals surface area contributed by atoms with Gasteiger partial charge in [0.1, 0.15) is 0 Å². The van der Waals surface area contributed by atoms with Crippen molar-refractivity contribution in [3.63, 3.8) is 0 Å². The van der Waals surface area contributed by atoms with Crippen LogP contribution >= 0.6 is 0 Å². The summed E-state index contributed by atoms with van der Waals surface area (Å²) in [6.07, 6.45) is 4.47. The minimum absolute atomic E-state index is 0.487. The minimum atomic E-state index is 0.487. The monoisotopic (exact) mass is 184 g/mol. The van der Waals surface area contributed by atoms with Crippen molar-refractivity contribution in [1.82, 2.24) is 10.2 Å². The van der Waals surface area contributed by atoms with Crippen molar-refractivity contribution >= 4 is 0 Å². The Bertz CT molecular complexity index is 159. The lowest BCUT2D eigenvalue weighted by molar-refractivity contribution is 0.108. The lowest BCUT2D eigenvalue weighted by Crippen LogP contribution is -2.32. The van der Waals surface area contributed by atoms with Crippen molar-refractivity contribution in [3.8, 4) is 0 Å². The topological polar surface area (TPSA) is 24.5 Å². The minimum Gasteiger partial charge on any atom is -0.380 e.